The Hall–Kier alpha value is -2.06. The number of carbonyl (C=O) groups excluding carboxylic acids is 2. The molecule has 1 aliphatic heterocycles. The summed E-state index contributed by atoms with van der Waals surface area (Å²) in [7, 11) is 3.05. The van der Waals surface area contributed by atoms with E-state index in [1.54, 1.807) is 24.3 Å². The fraction of sp³-hybridized carbons (Fsp3) is 0.267. The lowest BCUT2D eigenvalue weighted by atomic mass is 10.1. The van der Waals surface area contributed by atoms with Crippen LogP contribution in [0.1, 0.15) is 12.5 Å². The van der Waals surface area contributed by atoms with Crippen molar-refractivity contribution in [1.82, 2.24) is 4.90 Å². The topological polar surface area (TPSA) is 78.9 Å². The number of hydrogen-bond donors (Lipinski definition) is 0. The molecule has 1 aliphatic rings. The molecule has 0 aromatic heterocycles. The first-order valence-corrected chi connectivity index (χ1v) is 7.81. The van der Waals surface area contributed by atoms with Crippen LogP contribution in [0, 0.1) is 0 Å². The van der Waals surface area contributed by atoms with Crippen LogP contribution in [0.2, 0.25) is 0 Å². The van der Waals surface area contributed by atoms with Crippen LogP contribution in [0.25, 0.3) is 6.08 Å². The molecule has 0 spiro atoms. The molecule has 0 N–H and O–H groups in total. The quantitative estimate of drug-likeness (QED) is 0.579. The monoisotopic (exact) mass is 352 g/mol. The Balaban J connectivity index is 2.36. The lowest BCUT2D eigenvalue weighted by molar-refractivity contribution is -0.309. The number of hydrogen-bond acceptors (Lipinski definition) is 7. The number of amides is 1. The predicted molar refractivity (Wildman–Crippen MR) is 89.0 cm³/mol. The van der Waals surface area contributed by atoms with Crippen LogP contribution in [0.15, 0.2) is 23.1 Å². The summed E-state index contributed by atoms with van der Waals surface area (Å²) in [6, 6.07) is 4.06. The average molecular weight is 352 g/mol. The fourth-order valence-corrected chi connectivity index (χ4v) is 3.40. The third-order valence-corrected chi connectivity index (χ3v) is 4.55. The molecule has 1 heterocycles. The van der Waals surface area contributed by atoms with E-state index < -0.39 is 17.9 Å². The molecule has 0 radical (unpaired) electrons. The zero-order chi connectivity index (χ0) is 17.1. The first-order chi connectivity index (χ1) is 10.9. The van der Waals surface area contributed by atoms with Gasteiger partial charge in [0.1, 0.15) is 15.8 Å². The van der Waals surface area contributed by atoms with E-state index in [2.05, 4.69) is 0 Å². The zero-order valence-electron chi connectivity index (χ0n) is 12.7. The van der Waals surface area contributed by atoms with Crippen molar-refractivity contribution < 1.29 is 24.2 Å². The van der Waals surface area contributed by atoms with E-state index >= 15 is 0 Å². The van der Waals surface area contributed by atoms with Crippen molar-refractivity contribution in [2.45, 2.75) is 13.0 Å². The highest BCUT2D eigenvalue weighted by atomic mass is 32.2. The Morgan fingerprint density at radius 1 is 1.30 bits per heavy atom. The second kappa shape index (κ2) is 7.01. The van der Waals surface area contributed by atoms with Crippen molar-refractivity contribution >= 4 is 46.3 Å². The van der Waals surface area contributed by atoms with Gasteiger partial charge in [0.25, 0.3) is 5.91 Å². The predicted octanol–water partition coefficient (Wildman–Crippen LogP) is 1.04. The normalized spacial score (nSPS) is 17.5. The highest BCUT2D eigenvalue weighted by Crippen LogP contribution is 2.35. The van der Waals surface area contributed by atoms with Crippen LogP contribution < -0.4 is 14.6 Å². The van der Waals surface area contributed by atoms with Gasteiger partial charge in [-0.3, -0.25) is 9.69 Å². The number of carboxylic acids is 1. The summed E-state index contributed by atoms with van der Waals surface area (Å²) >= 11 is 6.14. The zero-order valence-corrected chi connectivity index (χ0v) is 14.3. The summed E-state index contributed by atoms with van der Waals surface area (Å²) in [5.74, 6) is -0.660. The second-order valence-electron chi connectivity index (χ2n) is 4.69. The maximum absolute atomic E-state index is 12.4. The standard InChI is InChI=1S/C15H15NO5S2/c1-8(14(18)19)16-13(17)12(23-15(16)22)6-9-4-10(20-2)7-11(5-9)21-3/h4-8H,1-3H3,(H,18,19)/p-1/b12-6-/t8-/m0/s1. The van der Waals surface area contributed by atoms with E-state index in [4.69, 9.17) is 21.7 Å². The van der Waals surface area contributed by atoms with Gasteiger partial charge in [-0.25, -0.2) is 0 Å². The Morgan fingerprint density at radius 3 is 2.35 bits per heavy atom. The molecule has 23 heavy (non-hydrogen) atoms. The van der Waals surface area contributed by atoms with Crippen molar-refractivity contribution in [3.8, 4) is 11.5 Å². The summed E-state index contributed by atoms with van der Waals surface area (Å²) < 4.78 is 10.5. The Labute approximate surface area is 143 Å². The molecular weight excluding hydrogens is 338 g/mol. The number of ether oxygens (including phenoxy) is 2. The number of methoxy groups -OCH3 is 2. The number of thiocarbonyl (C=S) groups is 1. The van der Waals surface area contributed by atoms with Gasteiger partial charge in [-0.2, -0.15) is 0 Å². The van der Waals surface area contributed by atoms with E-state index in [-0.39, 0.29) is 4.32 Å². The van der Waals surface area contributed by atoms with Crippen molar-refractivity contribution in [3.05, 3.63) is 28.7 Å². The van der Waals surface area contributed by atoms with Gasteiger partial charge in [0.05, 0.1) is 31.1 Å². The van der Waals surface area contributed by atoms with E-state index in [1.165, 1.54) is 21.1 Å². The van der Waals surface area contributed by atoms with E-state index in [1.807, 2.05) is 0 Å². The van der Waals surface area contributed by atoms with Gasteiger partial charge >= 0.3 is 0 Å². The molecule has 0 unspecified atom stereocenters. The number of benzene rings is 1. The van der Waals surface area contributed by atoms with Crippen molar-refractivity contribution in [1.29, 1.82) is 0 Å². The third kappa shape index (κ3) is 3.65. The summed E-state index contributed by atoms with van der Waals surface area (Å²) in [6.45, 7) is 1.36. The molecule has 1 saturated heterocycles. The molecule has 1 fully saturated rings. The molecule has 2 rings (SSSR count). The number of nitrogens with zero attached hydrogens (tertiary/aromatic N) is 1. The molecule has 122 valence electrons. The van der Waals surface area contributed by atoms with E-state index in [0.717, 1.165) is 16.7 Å². The molecule has 8 heteroatoms. The summed E-state index contributed by atoms with van der Waals surface area (Å²) in [5.41, 5.74) is 0.683. The van der Waals surface area contributed by atoms with Gasteiger partial charge in [0, 0.05) is 6.07 Å². The highest BCUT2D eigenvalue weighted by molar-refractivity contribution is 8.26. The highest BCUT2D eigenvalue weighted by Gasteiger charge is 2.35. The minimum atomic E-state index is -1.36. The number of thioether (sulfide) groups is 1. The van der Waals surface area contributed by atoms with Crippen molar-refractivity contribution in [2.24, 2.45) is 0 Å². The van der Waals surface area contributed by atoms with Crippen LogP contribution in [-0.2, 0) is 9.59 Å². The van der Waals surface area contributed by atoms with E-state index in [0.29, 0.717) is 22.0 Å². The fourth-order valence-electron chi connectivity index (χ4n) is 1.98. The van der Waals surface area contributed by atoms with Crippen LogP contribution >= 0.6 is 24.0 Å². The van der Waals surface area contributed by atoms with Crippen LogP contribution in [0.3, 0.4) is 0 Å². The molecule has 0 aliphatic carbocycles. The lowest BCUT2D eigenvalue weighted by Crippen LogP contribution is -2.48. The Bertz CT molecular complexity index is 679. The van der Waals surface area contributed by atoms with E-state index in [9.17, 15) is 14.7 Å². The molecule has 0 saturated carbocycles. The molecular formula is C15H14NO5S2-. The molecule has 6 nitrogen and oxygen atoms in total. The van der Waals surface area contributed by atoms with Gasteiger partial charge in [0.15, 0.2) is 0 Å². The van der Waals surface area contributed by atoms with Crippen molar-refractivity contribution in [3.63, 3.8) is 0 Å². The molecule has 1 aromatic rings. The molecule has 1 amide bonds. The number of carboxylic acid groups (broad SMARTS) is 1. The lowest BCUT2D eigenvalue weighted by Gasteiger charge is -2.23. The second-order valence-corrected chi connectivity index (χ2v) is 6.37. The minimum absolute atomic E-state index is 0.188. The first-order valence-electron chi connectivity index (χ1n) is 6.58. The SMILES string of the molecule is COc1cc(/C=C2\SC(=S)N([C@@H](C)C(=O)[O-])C2=O)cc(OC)c1. The summed E-state index contributed by atoms with van der Waals surface area (Å²) in [5, 5.41) is 11.0. The molecule has 1 aromatic carbocycles. The summed E-state index contributed by atoms with van der Waals surface area (Å²) in [4.78, 5) is 24.7. The maximum Gasteiger partial charge on any atom is 0.266 e. The van der Waals surface area contributed by atoms with Gasteiger partial charge in [-0.15, -0.1) is 0 Å². The van der Waals surface area contributed by atoms with Crippen LogP contribution in [0.5, 0.6) is 11.5 Å². The van der Waals surface area contributed by atoms with Gasteiger partial charge in [-0.1, -0.05) is 24.0 Å². The number of rotatable bonds is 5. The summed E-state index contributed by atoms with van der Waals surface area (Å²) in [6.07, 6.45) is 1.62. The van der Waals surface area contributed by atoms with Gasteiger partial charge in [-0.05, 0) is 30.7 Å². The minimum Gasteiger partial charge on any atom is -0.548 e. The van der Waals surface area contributed by atoms with Gasteiger partial charge in [0.2, 0.25) is 0 Å². The van der Waals surface area contributed by atoms with Crippen LogP contribution in [-0.4, -0.2) is 41.4 Å². The maximum atomic E-state index is 12.4. The Morgan fingerprint density at radius 2 is 1.87 bits per heavy atom. The Kier molecular flexibility index (Phi) is 5.27. The number of aliphatic carboxylic acids is 1. The van der Waals surface area contributed by atoms with Crippen molar-refractivity contribution in [2.75, 3.05) is 14.2 Å². The molecule has 1 atom stereocenters. The van der Waals surface area contributed by atoms with Crippen LogP contribution in [0.4, 0.5) is 0 Å². The molecule has 0 bridgehead atoms. The smallest absolute Gasteiger partial charge is 0.266 e. The average Bonchev–Trinajstić information content (AvgIpc) is 2.80. The number of carbonyl (C=O) groups is 2. The largest absolute Gasteiger partial charge is 0.548 e. The van der Waals surface area contributed by atoms with Gasteiger partial charge < -0.3 is 19.4 Å². The first kappa shape index (κ1) is 17.3. The third-order valence-electron chi connectivity index (χ3n) is 3.22.